The summed E-state index contributed by atoms with van der Waals surface area (Å²) in [5.41, 5.74) is 4.05. The van der Waals surface area contributed by atoms with Gasteiger partial charge in [-0.15, -0.1) is 0 Å². The van der Waals surface area contributed by atoms with Crippen LogP contribution in [-0.2, 0) is 12.8 Å². The van der Waals surface area contributed by atoms with E-state index in [2.05, 4.69) is 10.2 Å². The van der Waals surface area contributed by atoms with Crippen LogP contribution < -0.4 is 4.74 Å². The highest BCUT2D eigenvalue weighted by atomic mass is 16.5. The second kappa shape index (κ2) is 5.94. The largest absolute Gasteiger partial charge is 0.486 e. The zero-order chi connectivity index (χ0) is 18.6. The number of aromatic amines is 1. The van der Waals surface area contributed by atoms with Crippen LogP contribution in [0.15, 0.2) is 18.2 Å². The lowest BCUT2D eigenvalue weighted by Gasteiger charge is -2.43. The average Bonchev–Trinajstić information content (AvgIpc) is 3.26. The van der Waals surface area contributed by atoms with E-state index in [0.29, 0.717) is 49.4 Å². The molecule has 0 unspecified atom stereocenters. The summed E-state index contributed by atoms with van der Waals surface area (Å²) < 4.78 is 6.30. The molecule has 0 radical (unpaired) electrons. The molecule has 1 aromatic carbocycles. The van der Waals surface area contributed by atoms with Crippen molar-refractivity contribution in [3.05, 3.63) is 46.3 Å². The minimum Gasteiger partial charge on any atom is -0.486 e. The number of ether oxygens (including phenoxy) is 1. The molecule has 1 N–H and O–H groups in total. The van der Waals surface area contributed by atoms with Gasteiger partial charge in [-0.1, -0.05) is 11.6 Å². The highest BCUT2D eigenvalue weighted by Gasteiger charge is 2.44. The zero-order valence-corrected chi connectivity index (χ0v) is 15.5. The van der Waals surface area contributed by atoms with Crippen molar-refractivity contribution in [2.24, 2.45) is 0 Å². The molecular weight excluding hydrogens is 342 g/mol. The van der Waals surface area contributed by atoms with Gasteiger partial charge in [-0.25, -0.2) is 0 Å². The van der Waals surface area contributed by atoms with E-state index < -0.39 is 5.60 Å². The molecule has 0 bridgehead atoms. The van der Waals surface area contributed by atoms with Gasteiger partial charge in [-0.05, 0) is 38.3 Å². The fourth-order valence-corrected chi connectivity index (χ4v) is 4.65. The summed E-state index contributed by atoms with van der Waals surface area (Å²) in [7, 11) is 0. The molecule has 5 rings (SSSR count). The van der Waals surface area contributed by atoms with E-state index in [-0.39, 0.29) is 11.7 Å². The van der Waals surface area contributed by atoms with Gasteiger partial charge in [0.1, 0.15) is 11.4 Å². The number of likely N-dealkylation sites (tertiary alicyclic amines) is 1. The molecule has 0 saturated carbocycles. The third kappa shape index (κ3) is 2.66. The molecule has 1 saturated heterocycles. The summed E-state index contributed by atoms with van der Waals surface area (Å²) in [5, 5.41) is 7.28. The van der Waals surface area contributed by atoms with Gasteiger partial charge in [0.25, 0.3) is 5.91 Å². The number of hydrogen-bond acceptors (Lipinski definition) is 4. The van der Waals surface area contributed by atoms with Gasteiger partial charge in [0.05, 0.1) is 12.0 Å². The third-order valence-corrected chi connectivity index (χ3v) is 6.22. The normalized spacial score (nSPS) is 20.3. The molecule has 6 nitrogen and oxygen atoms in total. The Morgan fingerprint density at radius 1 is 1.26 bits per heavy atom. The number of ketones is 1. The molecule has 1 aliphatic carbocycles. The molecule has 1 aromatic heterocycles. The SMILES string of the molecule is Cc1ccc2c(c1)C(=O)CC1(CCN(C(=O)c3n[nH]c4c3CCC4)CC1)O2. The van der Waals surface area contributed by atoms with Gasteiger partial charge >= 0.3 is 0 Å². The number of aryl methyl sites for hydroxylation is 2. The Hall–Kier alpha value is -2.63. The minimum atomic E-state index is -0.482. The number of rotatable bonds is 1. The van der Waals surface area contributed by atoms with Crippen molar-refractivity contribution in [2.75, 3.05) is 13.1 Å². The first-order chi connectivity index (χ1) is 13.0. The van der Waals surface area contributed by atoms with Crippen LogP contribution in [0.2, 0.25) is 0 Å². The van der Waals surface area contributed by atoms with E-state index in [1.54, 1.807) is 0 Å². The molecule has 3 heterocycles. The van der Waals surface area contributed by atoms with E-state index in [9.17, 15) is 9.59 Å². The number of nitrogens with zero attached hydrogens (tertiary/aromatic N) is 2. The summed E-state index contributed by atoms with van der Waals surface area (Å²) in [4.78, 5) is 27.5. The van der Waals surface area contributed by atoms with Gasteiger partial charge < -0.3 is 9.64 Å². The number of aromatic nitrogens is 2. The molecule has 2 aliphatic heterocycles. The Morgan fingerprint density at radius 2 is 2.07 bits per heavy atom. The lowest BCUT2D eigenvalue weighted by atomic mass is 9.82. The quantitative estimate of drug-likeness (QED) is 0.843. The van der Waals surface area contributed by atoms with Gasteiger partial charge in [-0.2, -0.15) is 5.10 Å². The predicted molar refractivity (Wildman–Crippen MR) is 99.2 cm³/mol. The lowest BCUT2D eigenvalue weighted by molar-refractivity contribution is -0.00588. The average molecular weight is 365 g/mol. The van der Waals surface area contributed by atoms with Crippen molar-refractivity contribution in [3.63, 3.8) is 0 Å². The van der Waals surface area contributed by atoms with Crippen molar-refractivity contribution < 1.29 is 14.3 Å². The van der Waals surface area contributed by atoms with Crippen LogP contribution in [0.4, 0.5) is 0 Å². The number of carbonyl (C=O) groups excluding carboxylic acids is 2. The number of benzene rings is 1. The van der Waals surface area contributed by atoms with Crippen molar-refractivity contribution in [1.82, 2.24) is 15.1 Å². The Labute approximate surface area is 157 Å². The molecule has 1 spiro atoms. The molecule has 1 amide bonds. The molecule has 27 heavy (non-hydrogen) atoms. The van der Waals surface area contributed by atoms with Crippen LogP contribution in [0.1, 0.15) is 63.4 Å². The number of hydrogen-bond donors (Lipinski definition) is 1. The summed E-state index contributed by atoms with van der Waals surface area (Å²) >= 11 is 0. The molecule has 3 aliphatic rings. The van der Waals surface area contributed by atoms with Gasteiger partial charge in [-0.3, -0.25) is 14.7 Å². The first-order valence-electron chi connectivity index (χ1n) is 9.73. The number of nitrogens with one attached hydrogen (secondary N) is 1. The summed E-state index contributed by atoms with van der Waals surface area (Å²) in [6.07, 6.45) is 4.73. The number of amides is 1. The molecular formula is C21H23N3O3. The highest BCUT2D eigenvalue weighted by molar-refractivity contribution is 6.00. The van der Waals surface area contributed by atoms with Crippen LogP contribution in [0.25, 0.3) is 0 Å². The Kier molecular flexibility index (Phi) is 3.64. The molecule has 6 heteroatoms. The summed E-state index contributed by atoms with van der Waals surface area (Å²) in [6, 6.07) is 5.78. The molecule has 2 aromatic rings. The second-order valence-corrected chi connectivity index (χ2v) is 8.06. The summed E-state index contributed by atoms with van der Waals surface area (Å²) in [5.74, 6) is 0.828. The van der Waals surface area contributed by atoms with Gasteiger partial charge in [0, 0.05) is 37.2 Å². The first kappa shape index (κ1) is 16.5. The standard InChI is InChI=1S/C21H23N3O3/c1-13-5-6-18-15(11-13)17(25)12-21(27-18)7-9-24(10-8-21)20(26)19-14-3-2-4-16(14)22-23-19/h5-6,11H,2-4,7-10,12H2,1H3,(H,22,23). The van der Waals surface area contributed by atoms with Crippen LogP contribution in [-0.4, -0.2) is 45.5 Å². The number of piperidine rings is 1. The number of carbonyl (C=O) groups is 2. The monoisotopic (exact) mass is 365 g/mol. The van der Waals surface area contributed by atoms with Crippen LogP contribution in [0, 0.1) is 6.92 Å². The van der Waals surface area contributed by atoms with Crippen molar-refractivity contribution in [3.8, 4) is 5.75 Å². The third-order valence-electron chi connectivity index (χ3n) is 6.22. The maximum Gasteiger partial charge on any atom is 0.274 e. The van der Waals surface area contributed by atoms with Crippen molar-refractivity contribution in [2.45, 2.75) is 51.0 Å². The number of fused-ring (bicyclic) bond motifs is 2. The fraction of sp³-hybridized carbons (Fsp3) is 0.476. The minimum absolute atomic E-state index is 0.00223. The Balaban J connectivity index is 1.32. The smallest absolute Gasteiger partial charge is 0.274 e. The zero-order valence-electron chi connectivity index (χ0n) is 15.5. The van der Waals surface area contributed by atoms with Crippen molar-refractivity contribution >= 4 is 11.7 Å². The Bertz CT molecular complexity index is 938. The Morgan fingerprint density at radius 3 is 2.89 bits per heavy atom. The van der Waals surface area contributed by atoms with E-state index in [4.69, 9.17) is 4.74 Å². The van der Waals surface area contributed by atoms with E-state index in [1.165, 1.54) is 0 Å². The number of H-pyrrole nitrogens is 1. The van der Waals surface area contributed by atoms with E-state index >= 15 is 0 Å². The predicted octanol–water partition coefficient (Wildman–Crippen LogP) is 2.85. The lowest BCUT2D eigenvalue weighted by Crippen LogP contribution is -2.52. The molecule has 0 atom stereocenters. The summed E-state index contributed by atoms with van der Waals surface area (Å²) in [6.45, 7) is 3.16. The highest BCUT2D eigenvalue weighted by Crippen LogP contribution is 2.40. The molecule has 140 valence electrons. The van der Waals surface area contributed by atoms with Crippen LogP contribution >= 0.6 is 0 Å². The van der Waals surface area contributed by atoms with Gasteiger partial charge in [0.15, 0.2) is 11.5 Å². The first-order valence-corrected chi connectivity index (χ1v) is 9.73. The number of Topliss-reactive ketones (excluding diaryl/α,β-unsaturated/α-hetero) is 1. The van der Waals surface area contributed by atoms with E-state index in [1.807, 2.05) is 30.0 Å². The van der Waals surface area contributed by atoms with E-state index in [0.717, 1.165) is 36.1 Å². The second-order valence-electron chi connectivity index (χ2n) is 8.06. The van der Waals surface area contributed by atoms with Gasteiger partial charge in [0.2, 0.25) is 0 Å². The fourth-order valence-electron chi connectivity index (χ4n) is 4.65. The van der Waals surface area contributed by atoms with Crippen molar-refractivity contribution in [1.29, 1.82) is 0 Å². The topological polar surface area (TPSA) is 75.3 Å². The maximum absolute atomic E-state index is 12.9. The molecule has 1 fully saturated rings. The maximum atomic E-state index is 12.9. The van der Waals surface area contributed by atoms with Crippen LogP contribution in [0.3, 0.4) is 0 Å². The van der Waals surface area contributed by atoms with Crippen LogP contribution in [0.5, 0.6) is 5.75 Å².